The second kappa shape index (κ2) is 11.2. The van der Waals surface area contributed by atoms with Gasteiger partial charge >= 0.3 is 0 Å². The van der Waals surface area contributed by atoms with Gasteiger partial charge in [0.1, 0.15) is 0 Å². The summed E-state index contributed by atoms with van der Waals surface area (Å²) >= 11 is 0. The number of carbonyl (C=O) groups excluding carboxylic acids is 2. The molecule has 0 radical (unpaired) electrons. The Bertz CT molecular complexity index is 834. The average molecular weight is 399 g/mol. The first-order valence-corrected chi connectivity index (χ1v) is 9.81. The van der Waals surface area contributed by atoms with E-state index in [9.17, 15) is 9.59 Å². The van der Waals surface area contributed by atoms with Gasteiger partial charge in [-0.3, -0.25) is 9.59 Å². The van der Waals surface area contributed by atoms with E-state index in [4.69, 9.17) is 14.2 Å². The lowest BCUT2D eigenvalue weighted by atomic mass is 9.97. The highest BCUT2D eigenvalue weighted by Crippen LogP contribution is 2.30. The van der Waals surface area contributed by atoms with E-state index in [0.717, 1.165) is 6.42 Å². The van der Waals surface area contributed by atoms with E-state index >= 15 is 0 Å². The summed E-state index contributed by atoms with van der Waals surface area (Å²) in [6, 6.07) is 12.0. The molecule has 0 unspecified atom stereocenters. The van der Waals surface area contributed by atoms with Crippen molar-refractivity contribution >= 4 is 11.7 Å². The van der Waals surface area contributed by atoms with Crippen molar-refractivity contribution in [2.45, 2.75) is 20.3 Å². The van der Waals surface area contributed by atoms with Crippen LogP contribution in [0, 0.1) is 0 Å². The molecule has 1 amide bonds. The predicted octanol–water partition coefficient (Wildman–Crippen LogP) is 3.82. The highest BCUT2D eigenvalue weighted by Gasteiger charge is 2.21. The zero-order chi connectivity index (χ0) is 21.2. The summed E-state index contributed by atoms with van der Waals surface area (Å²) < 4.78 is 16.2. The van der Waals surface area contributed by atoms with Gasteiger partial charge in [0.05, 0.1) is 18.8 Å². The molecule has 29 heavy (non-hydrogen) atoms. The molecule has 0 aromatic heterocycles. The van der Waals surface area contributed by atoms with E-state index in [2.05, 4.69) is 0 Å². The predicted molar refractivity (Wildman–Crippen MR) is 112 cm³/mol. The van der Waals surface area contributed by atoms with Crippen LogP contribution in [-0.2, 0) is 4.74 Å². The Labute approximate surface area is 172 Å². The summed E-state index contributed by atoms with van der Waals surface area (Å²) in [4.78, 5) is 27.7. The molecule has 6 nitrogen and oxygen atoms in total. The fourth-order valence-corrected chi connectivity index (χ4v) is 2.97. The maximum Gasteiger partial charge on any atom is 0.254 e. The topological polar surface area (TPSA) is 65.1 Å². The molecule has 0 saturated heterocycles. The molecule has 0 bridgehead atoms. The Morgan fingerprint density at radius 1 is 0.931 bits per heavy atom. The van der Waals surface area contributed by atoms with Crippen LogP contribution in [0.2, 0.25) is 0 Å². The van der Waals surface area contributed by atoms with Gasteiger partial charge in [0.2, 0.25) is 0 Å². The van der Waals surface area contributed by atoms with Crippen LogP contribution in [0.5, 0.6) is 11.5 Å². The largest absolute Gasteiger partial charge is 0.490 e. The number of rotatable bonds is 11. The number of ketones is 1. The summed E-state index contributed by atoms with van der Waals surface area (Å²) in [5.74, 6) is 0.679. The molecular weight excluding hydrogens is 370 g/mol. The Hall–Kier alpha value is -2.86. The van der Waals surface area contributed by atoms with Crippen molar-refractivity contribution in [2.24, 2.45) is 0 Å². The van der Waals surface area contributed by atoms with Gasteiger partial charge in [-0.25, -0.2) is 0 Å². The molecule has 0 saturated carbocycles. The minimum atomic E-state index is -0.233. The van der Waals surface area contributed by atoms with Crippen molar-refractivity contribution in [3.63, 3.8) is 0 Å². The van der Waals surface area contributed by atoms with Gasteiger partial charge in [0.25, 0.3) is 5.91 Å². The minimum absolute atomic E-state index is 0.193. The van der Waals surface area contributed by atoms with Gasteiger partial charge in [0, 0.05) is 38.4 Å². The molecular formula is C23H29NO5. The molecule has 0 aliphatic carbocycles. The van der Waals surface area contributed by atoms with Crippen LogP contribution in [0.15, 0.2) is 42.5 Å². The van der Waals surface area contributed by atoms with Crippen LogP contribution in [0.3, 0.4) is 0 Å². The van der Waals surface area contributed by atoms with Crippen LogP contribution in [0.4, 0.5) is 0 Å². The van der Waals surface area contributed by atoms with Crippen LogP contribution in [0.1, 0.15) is 46.5 Å². The second-order valence-electron chi connectivity index (χ2n) is 6.48. The number of carbonyl (C=O) groups is 2. The number of ether oxygens (including phenoxy) is 3. The summed E-state index contributed by atoms with van der Waals surface area (Å²) in [5, 5.41) is 0. The molecule has 0 N–H and O–H groups in total. The number of hydrogen-bond donors (Lipinski definition) is 0. The first-order valence-electron chi connectivity index (χ1n) is 9.81. The maximum atomic E-state index is 13.2. The summed E-state index contributed by atoms with van der Waals surface area (Å²) in [7, 11) is 3.35. The Balaban J connectivity index is 2.32. The van der Waals surface area contributed by atoms with E-state index in [0.29, 0.717) is 54.6 Å². The summed E-state index contributed by atoms with van der Waals surface area (Å²) in [6.45, 7) is 5.84. The minimum Gasteiger partial charge on any atom is -0.490 e. The lowest BCUT2D eigenvalue weighted by molar-refractivity contribution is 0.0775. The van der Waals surface area contributed by atoms with Crippen LogP contribution >= 0.6 is 0 Å². The monoisotopic (exact) mass is 399 g/mol. The molecule has 0 aliphatic heterocycles. The smallest absolute Gasteiger partial charge is 0.254 e. The molecule has 2 aromatic rings. The van der Waals surface area contributed by atoms with Crippen molar-refractivity contribution < 1.29 is 23.8 Å². The van der Waals surface area contributed by atoms with Gasteiger partial charge in [-0.2, -0.15) is 0 Å². The lowest BCUT2D eigenvalue weighted by Gasteiger charge is -2.19. The Morgan fingerprint density at radius 2 is 1.59 bits per heavy atom. The van der Waals surface area contributed by atoms with Crippen LogP contribution in [0.25, 0.3) is 0 Å². The van der Waals surface area contributed by atoms with Crippen molar-refractivity contribution in [3.8, 4) is 11.5 Å². The standard InChI is InChI=1S/C23H29NO5/c1-5-28-20-13-12-17(16-21(20)29-6-2)22(25)18-10-7-8-11-19(18)23(26)24(3)14-9-15-27-4/h7-8,10-13,16H,5-6,9,14-15H2,1-4H3. The van der Waals surface area contributed by atoms with Gasteiger partial charge < -0.3 is 19.1 Å². The fourth-order valence-electron chi connectivity index (χ4n) is 2.97. The fraction of sp³-hybridized carbons (Fsp3) is 0.391. The quantitative estimate of drug-likeness (QED) is 0.424. The van der Waals surface area contributed by atoms with E-state index in [1.807, 2.05) is 13.8 Å². The van der Waals surface area contributed by atoms with Crippen molar-refractivity contribution in [1.29, 1.82) is 0 Å². The number of hydrogen-bond acceptors (Lipinski definition) is 5. The number of amides is 1. The lowest BCUT2D eigenvalue weighted by Crippen LogP contribution is -2.29. The highest BCUT2D eigenvalue weighted by molar-refractivity contribution is 6.15. The molecule has 0 heterocycles. The highest BCUT2D eigenvalue weighted by atomic mass is 16.5. The van der Waals surface area contributed by atoms with E-state index in [-0.39, 0.29) is 11.7 Å². The molecule has 0 atom stereocenters. The number of methoxy groups -OCH3 is 1. The third kappa shape index (κ3) is 5.81. The van der Waals surface area contributed by atoms with Gasteiger partial charge in [0.15, 0.2) is 17.3 Å². The van der Waals surface area contributed by atoms with Gasteiger partial charge in [-0.05, 0) is 44.5 Å². The van der Waals surface area contributed by atoms with Crippen molar-refractivity contribution in [3.05, 3.63) is 59.2 Å². The second-order valence-corrected chi connectivity index (χ2v) is 6.48. The first kappa shape index (κ1) is 22.4. The molecule has 0 aliphatic rings. The maximum absolute atomic E-state index is 13.2. The molecule has 0 fully saturated rings. The summed E-state index contributed by atoms with van der Waals surface area (Å²) in [5.41, 5.74) is 1.19. The zero-order valence-electron chi connectivity index (χ0n) is 17.6. The molecule has 2 aromatic carbocycles. The van der Waals surface area contributed by atoms with Crippen molar-refractivity contribution in [1.82, 2.24) is 4.90 Å². The Kier molecular flexibility index (Phi) is 8.68. The third-order valence-corrected chi connectivity index (χ3v) is 4.40. The first-order chi connectivity index (χ1) is 14.0. The van der Waals surface area contributed by atoms with Crippen molar-refractivity contribution in [2.75, 3.05) is 40.5 Å². The van der Waals surface area contributed by atoms with Gasteiger partial charge in [-0.15, -0.1) is 0 Å². The van der Waals surface area contributed by atoms with Crippen LogP contribution < -0.4 is 9.47 Å². The SMILES string of the molecule is CCOc1ccc(C(=O)c2ccccc2C(=O)N(C)CCCOC)cc1OCC. The number of nitrogens with zero attached hydrogens (tertiary/aromatic N) is 1. The van der Waals surface area contributed by atoms with E-state index in [1.54, 1.807) is 61.5 Å². The molecule has 0 spiro atoms. The normalized spacial score (nSPS) is 10.5. The summed E-state index contributed by atoms with van der Waals surface area (Å²) in [6.07, 6.45) is 0.728. The molecule has 156 valence electrons. The zero-order valence-corrected chi connectivity index (χ0v) is 17.6. The molecule has 2 rings (SSSR count). The van der Waals surface area contributed by atoms with Gasteiger partial charge in [-0.1, -0.05) is 18.2 Å². The Morgan fingerprint density at radius 3 is 2.24 bits per heavy atom. The average Bonchev–Trinajstić information content (AvgIpc) is 2.74. The number of benzene rings is 2. The van der Waals surface area contributed by atoms with Crippen LogP contribution in [-0.4, -0.2) is 57.1 Å². The third-order valence-electron chi connectivity index (χ3n) is 4.40. The molecule has 6 heteroatoms. The van der Waals surface area contributed by atoms with E-state index < -0.39 is 0 Å². The van der Waals surface area contributed by atoms with E-state index in [1.165, 1.54) is 0 Å².